The van der Waals surface area contributed by atoms with Gasteiger partial charge in [0.2, 0.25) is 0 Å². The van der Waals surface area contributed by atoms with Crippen molar-refractivity contribution in [3.63, 3.8) is 0 Å². The third-order valence-corrected chi connectivity index (χ3v) is 5.27. The Hall–Kier alpha value is -3.94. The number of rotatable bonds is 4. The fourth-order valence-electron chi connectivity index (χ4n) is 3.60. The van der Waals surface area contributed by atoms with Crippen LogP contribution >= 0.6 is 0 Å². The zero-order valence-corrected chi connectivity index (χ0v) is 16.9. The first-order valence-electron chi connectivity index (χ1n) is 9.70. The summed E-state index contributed by atoms with van der Waals surface area (Å²) < 4.78 is 27.5. The van der Waals surface area contributed by atoms with Crippen molar-refractivity contribution < 1.29 is 8.78 Å². The lowest BCUT2D eigenvalue weighted by molar-refractivity contribution is 0.151. The van der Waals surface area contributed by atoms with Gasteiger partial charge in [0.1, 0.15) is 12.1 Å². The van der Waals surface area contributed by atoms with Crippen molar-refractivity contribution in [2.45, 2.75) is 13.3 Å². The molecule has 0 saturated carbocycles. The van der Waals surface area contributed by atoms with Crippen molar-refractivity contribution in [1.82, 2.24) is 24.6 Å². The maximum Gasteiger partial charge on any atom is 0.263 e. The summed E-state index contributed by atoms with van der Waals surface area (Å²) in [5.74, 6) is 1.17. The van der Waals surface area contributed by atoms with Gasteiger partial charge in [-0.1, -0.05) is 36.4 Å². The molecule has 0 unspecified atom stereocenters. The molecule has 0 aliphatic rings. The van der Waals surface area contributed by atoms with Crippen LogP contribution in [0.25, 0.3) is 27.9 Å². The fraction of sp³-hybridized carbons (Fsp3) is 0.130. The number of aromatic nitrogens is 5. The fourth-order valence-corrected chi connectivity index (χ4v) is 3.60. The molecule has 0 N–H and O–H groups in total. The van der Waals surface area contributed by atoms with Gasteiger partial charge in [-0.05, 0) is 42.3 Å². The summed E-state index contributed by atoms with van der Waals surface area (Å²) in [6, 6.07) is 18.1. The number of alkyl halides is 2. The monoisotopic (exact) mass is 416 g/mol. The van der Waals surface area contributed by atoms with E-state index in [0.717, 1.165) is 33.5 Å². The Labute approximate surface area is 176 Å². The second-order valence-electron chi connectivity index (χ2n) is 7.29. The molecule has 5 rings (SSSR count). The zero-order valence-electron chi connectivity index (χ0n) is 16.9. The van der Waals surface area contributed by atoms with E-state index in [9.17, 15) is 8.78 Å². The molecule has 2 aromatic carbocycles. The van der Waals surface area contributed by atoms with Gasteiger partial charge in [0.05, 0.1) is 5.39 Å². The second-order valence-corrected chi connectivity index (χ2v) is 7.29. The normalized spacial score (nSPS) is 11.5. The van der Waals surface area contributed by atoms with Gasteiger partial charge < -0.3 is 4.90 Å². The van der Waals surface area contributed by atoms with Crippen molar-refractivity contribution in [2.24, 2.45) is 0 Å². The lowest BCUT2D eigenvalue weighted by Gasteiger charge is -2.21. The van der Waals surface area contributed by atoms with Crippen molar-refractivity contribution in [1.29, 1.82) is 0 Å². The number of pyridine rings is 1. The standard InChI is InChI=1S/C23H18F2N6/c1-14-6-11-19-21(28-23-29-26-13-31(23)22(19)27-14)30(2)18-5-3-4-17(12-18)15-7-9-16(10-8-15)20(24)25/h3-13,20H,1-2H3. The Morgan fingerprint density at radius 2 is 1.74 bits per heavy atom. The minimum absolute atomic E-state index is 0.0112. The quantitative estimate of drug-likeness (QED) is 0.395. The van der Waals surface area contributed by atoms with Gasteiger partial charge in [0, 0.05) is 24.0 Å². The summed E-state index contributed by atoms with van der Waals surface area (Å²) in [6.07, 6.45) is -0.875. The first-order valence-corrected chi connectivity index (χ1v) is 9.70. The molecule has 154 valence electrons. The van der Waals surface area contributed by atoms with Gasteiger partial charge in [-0.2, -0.15) is 4.98 Å². The first kappa shape index (κ1) is 19.0. The third-order valence-electron chi connectivity index (χ3n) is 5.27. The maximum absolute atomic E-state index is 12.9. The average molecular weight is 416 g/mol. The number of nitrogens with zero attached hydrogens (tertiary/aromatic N) is 6. The van der Waals surface area contributed by atoms with Gasteiger partial charge >= 0.3 is 0 Å². The molecule has 0 saturated heterocycles. The van der Waals surface area contributed by atoms with Crippen LogP contribution < -0.4 is 4.90 Å². The number of hydrogen-bond acceptors (Lipinski definition) is 5. The Morgan fingerprint density at radius 3 is 2.52 bits per heavy atom. The van der Waals surface area contributed by atoms with Crippen LogP contribution in [0, 0.1) is 6.92 Å². The predicted octanol–water partition coefficient (Wildman–Crippen LogP) is 5.35. The molecule has 3 aromatic heterocycles. The SMILES string of the molecule is Cc1ccc2c(N(C)c3cccc(-c4ccc(C(F)F)cc4)c3)nc3nncn3c2n1. The molecule has 0 bridgehead atoms. The van der Waals surface area contributed by atoms with E-state index < -0.39 is 6.43 Å². The second kappa shape index (κ2) is 7.39. The first-order chi connectivity index (χ1) is 15.0. The lowest BCUT2D eigenvalue weighted by atomic mass is 10.0. The highest BCUT2D eigenvalue weighted by Crippen LogP contribution is 2.32. The number of halogens is 2. The van der Waals surface area contributed by atoms with Gasteiger partial charge in [0.25, 0.3) is 12.2 Å². The molecular formula is C23H18F2N6. The topological polar surface area (TPSA) is 59.2 Å². The summed E-state index contributed by atoms with van der Waals surface area (Å²) in [5, 5.41) is 8.93. The highest BCUT2D eigenvalue weighted by atomic mass is 19.3. The van der Waals surface area contributed by atoms with Crippen molar-refractivity contribution >= 4 is 28.3 Å². The van der Waals surface area contributed by atoms with Crippen LogP contribution in [0.5, 0.6) is 0 Å². The van der Waals surface area contributed by atoms with Crippen LogP contribution in [-0.2, 0) is 0 Å². The van der Waals surface area contributed by atoms with Crippen LogP contribution in [0.2, 0.25) is 0 Å². The maximum atomic E-state index is 12.9. The number of anilines is 2. The highest BCUT2D eigenvalue weighted by molar-refractivity contribution is 5.91. The largest absolute Gasteiger partial charge is 0.329 e. The van der Waals surface area contributed by atoms with E-state index in [0.29, 0.717) is 11.6 Å². The summed E-state index contributed by atoms with van der Waals surface area (Å²) in [5.41, 5.74) is 4.31. The number of benzene rings is 2. The summed E-state index contributed by atoms with van der Waals surface area (Å²) in [4.78, 5) is 11.3. The van der Waals surface area contributed by atoms with Crippen molar-refractivity contribution in [3.05, 3.63) is 78.2 Å². The lowest BCUT2D eigenvalue weighted by Crippen LogP contribution is -2.13. The number of hydrogen-bond donors (Lipinski definition) is 0. The molecule has 0 fully saturated rings. The van der Waals surface area contributed by atoms with E-state index in [-0.39, 0.29) is 5.56 Å². The summed E-state index contributed by atoms with van der Waals surface area (Å²) >= 11 is 0. The van der Waals surface area contributed by atoms with E-state index in [1.807, 2.05) is 55.3 Å². The van der Waals surface area contributed by atoms with Gasteiger partial charge in [-0.3, -0.25) is 0 Å². The van der Waals surface area contributed by atoms with E-state index in [1.54, 1.807) is 22.9 Å². The molecule has 5 aromatic rings. The van der Waals surface area contributed by atoms with Gasteiger partial charge in [-0.15, -0.1) is 10.2 Å². The molecule has 0 atom stereocenters. The average Bonchev–Trinajstić information content (AvgIpc) is 3.27. The smallest absolute Gasteiger partial charge is 0.263 e. The Kier molecular flexibility index (Phi) is 4.54. The highest BCUT2D eigenvalue weighted by Gasteiger charge is 2.16. The summed E-state index contributed by atoms with van der Waals surface area (Å²) in [6.45, 7) is 1.93. The Balaban J connectivity index is 1.60. The molecule has 6 nitrogen and oxygen atoms in total. The van der Waals surface area contributed by atoms with Crippen LogP contribution in [-0.4, -0.2) is 31.6 Å². The van der Waals surface area contributed by atoms with E-state index in [1.165, 1.54) is 12.1 Å². The van der Waals surface area contributed by atoms with Gasteiger partial charge in [-0.25, -0.2) is 18.2 Å². The Morgan fingerprint density at radius 1 is 0.935 bits per heavy atom. The van der Waals surface area contributed by atoms with Crippen molar-refractivity contribution in [2.75, 3.05) is 11.9 Å². The number of fused-ring (bicyclic) bond motifs is 3. The molecule has 0 spiro atoms. The minimum atomic E-state index is -2.48. The minimum Gasteiger partial charge on any atom is -0.329 e. The van der Waals surface area contributed by atoms with Gasteiger partial charge in [0.15, 0.2) is 5.65 Å². The van der Waals surface area contributed by atoms with E-state index in [4.69, 9.17) is 4.98 Å². The molecule has 0 radical (unpaired) electrons. The molecule has 8 heteroatoms. The van der Waals surface area contributed by atoms with Crippen molar-refractivity contribution in [3.8, 4) is 11.1 Å². The van der Waals surface area contributed by atoms with Crippen LogP contribution in [0.15, 0.2) is 67.0 Å². The van der Waals surface area contributed by atoms with Crippen LogP contribution in [0.1, 0.15) is 17.7 Å². The van der Waals surface area contributed by atoms with Crippen LogP contribution in [0.4, 0.5) is 20.3 Å². The molecule has 0 aliphatic heterocycles. The van der Waals surface area contributed by atoms with E-state index in [2.05, 4.69) is 15.2 Å². The third kappa shape index (κ3) is 3.35. The van der Waals surface area contributed by atoms with Crippen LogP contribution in [0.3, 0.4) is 0 Å². The zero-order chi connectivity index (χ0) is 21.5. The molecular weight excluding hydrogens is 398 g/mol. The van der Waals surface area contributed by atoms with E-state index >= 15 is 0 Å². The molecule has 0 aliphatic carbocycles. The molecule has 31 heavy (non-hydrogen) atoms. The summed E-state index contributed by atoms with van der Waals surface area (Å²) in [7, 11) is 1.92. The molecule has 3 heterocycles. The Bertz CT molecular complexity index is 1390. The predicted molar refractivity (Wildman–Crippen MR) is 116 cm³/mol. The number of aryl methyl sites for hydroxylation is 1. The molecule has 0 amide bonds.